The lowest BCUT2D eigenvalue weighted by Gasteiger charge is -1.99. The van der Waals surface area contributed by atoms with Crippen molar-refractivity contribution in [2.24, 2.45) is 0 Å². The second kappa shape index (κ2) is 3.66. The van der Waals surface area contributed by atoms with Gasteiger partial charge in [-0.1, -0.05) is 5.16 Å². The summed E-state index contributed by atoms with van der Waals surface area (Å²) in [7, 11) is 0. The zero-order valence-electron chi connectivity index (χ0n) is 6.84. The minimum atomic E-state index is 0.646. The van der Waals surface area contributed by atoms with Gasteiger partial charge in [0.15, 0.2) is 5.82 Å². The SMILES string of the molecule is c1ncc(CNc2ccon2)cn1. The van der Waals surface area contributed by atoms with Crippen LogP contribution in [0.2, 0.25) is 0 Å². The minimum absolute atomic E-state index is 0.646. The average molecular weight is 176 g/mol. The highest BCUT2D eigenvalue weighted by Gasteiger charge is 1.95. The molecule has 0 unspecified atom stereocenters. The summed E-state index contributed by atoms with van der Waals surface area (Å²) in [6, 6.07) is 1.75. The van der Waals surface area contributed by atoms with Gasteiger partial charge in [0.2, 0.25) is 0 Å². The molecule has 5 heteroatoms. The molecule has 0 spiro atoms. The second-order valence-electron chi connectivity index (χ2n) is 2.48. The third-order valence-corrected chi connectivity index (χ3v) is 1.53. The third kappa shape index (κ3) is 2.02. The number of aromatic nitrogens is 3. The Bertz CT molecular complexity index is 346. The number of hydrogen-bond acceptors (Lipinski definition) is 5. The molecular weight excluding hydrogens is 168 g/mol. The van der Waals surface area contributed by atoms with E-state index in [0.717, 1.165) is 5.56 Å². The van der Waals surface area contributed by atoms with E-state index in [1.54, 1.807) is 18.5 Å². The van der Waals surface area contributed by atoms with E-state index in [9.17, 15) is 0 Å². The fourth-order valence-electron chi connectivity index (χ4n) is 0.918. The first kappa shape index (κ1) is 7.72. The Labute approximate surface area is 74.8 Å². The first-order chi connectivity index (χ1) is 6.45. The van der Waals surface area contributed by atoms with Crippen LogP contribution < -0.4 is 5.32 Å². The Morgan fingerprint density at radius 1 is 1.31 bits per heavy atom. The smallest absolute Gasteiger partial charge is 0.169 e. The maximum atomic E-state index is 4.66. The van der Waals surface area contributed by atoms with Gasteiger partial charge in [-0.2, -0.15) is 0 Å². The van der Waals surface area contributed by atoms with Crippen molar-refractivity contribution in [3.63, 3.8) is 0 Å². The molecule has 13 heavy (non-hydrogen) atoms. The van der Waals surface area contributed by atoms with Gasteiger partial charge < -0.3 is 9.84 Å². The van der Waals surface area contributed by atoms with Crippen LogP contribution in [0, 0.1) is 0 Å². The molecule has 5 nitrogen and oxygen atoms in total. The van der Waals surface area contributed by atoms with Gasteiger partial charge in [-0.25, -0.2) is 9.97 Å². The second-order valence-corrected chi connectivity index (χ2v) is 2.48. The first-order valence-corrected chi connectivity index (χ1v) is 3.83. The van der Waals surface area contributed by atoms with Gasteiger partial charge in [0.1, 0.15) is 12.6 Å². The van der Waals surface area contributed by atoms with Gasteiger partial charge in [-0.05, 0) is 0 Å². The maximum Gasteiger partial charge on any atom is 0.169 e. The molecule has 0 aliphatic heterocycles. The topological polar surface area (TPSA) is 63.8 Å². The molecule has 0 amide bonds. The van der Waals surface area contributed by atoms with Crippen LogP contribution in [-0.2, 0) is 6.54 Å². The van der Waals surface area contributed by atoms with Gasteiger partial charge >= 0.3 is 0 Å². The summed E-state index contributed by atoms with van der Waals surface area (Å²) in [4.78, 5) is 7.78. The van der Waals surface area contributed by atoms with Gasteiger partial charge in [0.05, 0.1) is 0 Å². The van der Waals surface area contributed by atoms with Gasteiger partial charge in [-0.15, -0.1) is 0 Å². The normalized spacial score (nSPS) is 9.85. The number of nitrogens with zero attached hydrogens (tertiary/aromatic N) is 3. The van der Waals surface area contributed by atoms with Crippen molar-refractivity contribution in [2.75, 3.05) is 5.32 Å². The predicted molar refractivity (Wildman–Crippen MR) is 45.9 cm³/mol. The molecule has 0 saturated carbocycles. The van der Waals surface area contributed by atoms with Crippen molar-refractivity contribution in [2.45, 2.75) is 6.54 Å². The fourth-order valence-corrected chi connectivity index (χ4v) is 0.918. The number of nitrogens with one attached hydrogen (secondary N) is 1. The molecule has 0 aliphatic rings. The van der Waals surface area contributed by atoms with E-state index in [0.29, 0.717) is 12.4 Å². The molecule has 66 valence electrons. The summed E-state index contributed by atoms with van der Waals surface area (Å²) in [5.74, 6) is 0.712. The summed E-state index contributed by atoms with van der Waals surface area (Å²) in [5.41, 5.74) is 1.01. The number of hydrogen-bond donors (Lipinski definition) is 1. The standard InChI is InChI=1S/C8H8N4O/c1-2-13-12-8(1)11-5-7-3-9-6-10-4-7/h1-4,6H,5H2,(H,11,12). The first-order valence-electron chi connectivity index (χ1n) is 3.83. The predicted octanol–water partition coefficient (Wildman–Crippen LogP) is 1.08. The summed E-state index contributed by atoms with van der Waals surface area (Å²) >= 11 is 0. The molecule has 2 aromatic heterocycles. The van der Waals surface area contributed by atoms with E-state index in [2.05, 4.69) is 25.0 Å². The zero-order chi connectivity index (χ0) is 8.93. The van der Waals surface area contributed by atoms with E-state index in [4.69, 9.17) is 0 Å². The highest BCUT2D eigenvalue weighted by atomic mass is 16.5. The van der Waals surface area contributed by atoms with E-state index in [1.807, 2.05) is 0 Å². The molecule has 2 rings (SSSR count). The molecule has 0 bridgehead atoms. The fraction of sp³-hybridized carbons (Fsp3) is 0.125. The van der Waals surface area contributed by atoms with Crippen molar-refractivity contribution in [3.8, 4) is 0 Å². The van der Waals surface area contributed by atoms with Gasteiger partial charge in [0, 0.05) is 30.6 Å². The number of anilines is 1. The summed E-state index contributed by atoms with van der Waals surface area (Å²) in [6.45, 7) is 0.646. The van der Waals surface area contributed by atoms with Crippen LogP contribution in [-0.4, -0.2) is 15.1 Å². The minimum Gasteiger partial charge on any atom is -0.363 e. The van der Waals surface area contributed by atoms with Crippen LogP contribution in [0.1, 0.15) is 5.56 Å². The monoisotopic (exact) mass is 176 g/mol. The maximum absolute atomic E-state index is 4.66. The van der Waals surface area contributed by atoms with Crippen LogP contribution in [0.5, 0.6) is 0 Å². The highest BCUT2D eigenvalue weighted by molar-refractivity contribution is 5.31. The Morgan fingerprint density at radius 2 is 2.15 bits per heavy atom. The Balaban J connectivity index is 1.94. The lowest BCUT2D eigenvalue weighted by molar-refractivity contribution is 0.422. The number of rotatable bonds is 3. The van der Waals surface area contributed by atoms with Crippen molar-refractivity contribution in [1.29, 1.82) is 0 Å². The van der Waals surface area contributed by atoms with E-state index >= 15 is 0 Å². The van der Waals surface area contributed by atoms with Gasteiger partial charge in [-0.3, -0.25) is 0 Å². The lowest BCUT2D eigenvalue weighted by Crippen LogP contribution is -2.00. The van der Waals surface area contributed by atoms with E-state index in [-0.39, 0.29) is 0 Å². The molecule has 0 radical (unpaired) electrons. The Kier molecular flexibility index (Phi) is 2.18. The van der Waals surface area contributed by atoms with Crippen LogP contribution in [0.3, 0.4) is 0 Å². The average Bonchev–Trinajstić information content (AvgIpc) is 2.69. The molecule has 2 aromatic rings. The van der Waals surface area contributed by atoms with Crippen molar-refractivity contribution < 1.29 is 4.52 Å². The lowest BCUT2D eigenvalue weighted by atomic mass is 10.3. The Morgan fingerprint density at radius 3 is 2.85 bits per heavy atom. The van der Waals surface area contributed by atoms with Crippen molar-refractivity contribution in [3.05, 3.63) is 36.6 Å². The van der Waals surface area contributed by atoms with E-state index in [1.165, 1.54) is 12.6 Å². The summed E-state index contributed by atoms with van der Waals surface area (Å²) in [6.07, 6.45) is 6.52. The highest BCUT2D eigenvalue weighted by Crippen LogP contribution is 2.03. The largest absolute Gasteiger partial charge is 0.363 e. The molecule has 0 fully saturated rings. The van der Waals surface area contributed by atoms with Crippen LogP contribution in [0.4, 0.5) is 5.82 Å². The molecule has 2 heterocycles. The molecule has 0 atom stereocenters. The van der Waals surface area contributed by atoms with Crippen LogP contribution >= 0.6 is 0 Å². The molecule has 0 aromatic carbocycles. The van der Waals surface area contributed by atoms with E-state index < -0.39 is 0 Å². The summed E-state index contributed by atoms with van der Waals surface area (Å²) in [5, 5.41) is 6.76. The van der Waals surface area contributed by atoms with Crippen molar-refractivity contribution >= 4 is 5.82 Å². The molecule has 1 N–H and O–H groups in total. The third-order valence-electron chi connectivity index (χ3n) is 1.53. The quantitative estimate of drug-likeness (QED) is 0.758. The summed E-state index contributed by atoms with van der Waals surface area (Å²) < 4.78 is 4.66. The van der Waals surface area contributed by atoms with Crippen LogP contribution in [0.25, 0.3) is 0 Å². The van der Waals surface area contributed by atoms with Gasteiger partial charge in [0.25, 0.3) is 0 Å². The molecule has 0 saturated heterocycles. The molecular formula is C8H8N4O. The van der Waals surface area contributed by atoms with Crippen molar-refractivity contribution in [1.82, 2.24) is 15.1 Å². The van der Waals surface area contributed by atoms with Crippen LogP contribution in [0.15, 0.2) is 35.6 Å². The Hall–Kier alpha value is -1.91. The zero-order valence-corrected chi connectivity index (χ0v) is 6.84. The molecule has 0 aliphatic carbocycles.